The molecule has 0 amide bonds. The van der Waals surface area contributed by atoms with Crippen molar-refractivity contribution in [1.82, 2.24) is 0 Å². The van der Waals surface area contributed by atoms with Crippen molar-refractivity contribution in [2.75, 3.05) is 20.3 Å². The summed E-state index contributed by atoms with van der Waals surface area (Å²) in [5.41, 5.74) is -1.64. The Balaban J connectivity index is 1.04. The first-order chi connectivity index (χ1) is 30.9. The molecule has 0 aromatic rings. The van der Waals surface area contributed by atoms with Crippen molar-refractivity contribution in [2.45, 2.75) is 217 Å². The average Bonchev–Trinajstić information content (AvgIpc) is 3.80. The van der Waals surface area contributed by atoms with Gasteiger partial charge in [-0.05, 0) is 92.8 Å². The normalized spacial score (nSPS) is 54.9. The predicted octanol–water partition coefficient (Wildman–Crippen LogP) is 0.809. The zero-order chi connectivity index (χ0) is 48.2. The number of ketones is 1. The van der Waals surface area contributed by atoms with Gasteiger partial charge in [-0.3, -0.25) is 4.79 Å². The molecule has 0 spiro atoms. The molecule has 4 aliphatic heterocycles. The van der Waals surface area contributed by atoms with E-state index in [1.54, 1.807) is 7.11 Å². The number of carbonyl (C=O) groups is 1. The summed E-state index contributed by atoms with van der Waals surface area (Å²) in [6.45, 7) is 15.8. The van der Waals surface area contributed by atoms with Gasteiger partial charge in [-0.15, -0.1) is 0 Å². The van der Waals surface area contributed by atoms with E-state index in [0.717, 1.165) is 31.3 Å². The number of methoxy groups -OCH3 is 1. The van der Waals surface area contributed by atoms with E-state index in [1.807, 2.05) is 19.9 Å². The SMILES string of the molecule is COC1OC(C=C(C)C)CC1(O)C1CC[C@]2(C)C1C(=O)CC1[C@@]3(C)CC[C@H](O[C@@H]4OC[C@H](O)[C@H](O[C@@H]5O[C@H](CO)[C@@H](O)[C@H](O)[C@H]5O)[C@H]4O[C@H]4O[C@@H](C)[C@H](O)[C@@H](O)[C@H]4O)C(C)(C)C3CC[C@]12C. The van der Waals surface area contributed by atoms with Crippen LogP contribution in [0.3, 0.4) is 0 Å². The number of hydrogen-bond donors (Lipinski definition) is 9. The molecule has 25 atom stereocenters. The first-order valence-corrected chi connectivity index (χ1v) is 24.2. The average molecular weight is 943 g/mol. The molecule has 8 fully saturated rings. The summed E-state index contributed by atoms with van der Waals surface area (Å²) in [4.78, 5) is 14.9. The Bertz CT molecular complexity index is 1780. The van der Waals surface area contributed by atoms with Crippen molar-refractivity contribution in [2.24, 2.45) is 45.3 Å². The molecule has 0 bridgehead atoms. The Kier molecular flexibility index (Phi) is 14.2. The molecule has 4 saturated heterocycles. The fourth-order valence-electron chi connectivity index (χ4n) is 15.0. The minimum absolute atomic E-state index is 0.0461. The zero-order valence-corrected chi connectivity index (χ0v) is 40.0. The van der Waals surface area contributed by atoms with Crippen molar-refractivity contribution in [3.63, 3.8) is 0 Å². The van der Waals surface area contributed by atoms with Crippen molar-refractivity contribution in [1.29, 1.82) is 0 Å². The second-order valence-electron chi connectivity index (χ2n) is 22.8. The van der Waals surface area contributed by atoms with Gasteiger partial charge in [0.25, 0.3) is 0 Å². The molecular weight excluding hydrogens is 865 g/mol. The molecule has 378 valence electrons. The number of Topliss-reactive ketones (excluding diaryl/α,β-unsaturated/α-hetero) is 1. The molecule has 0 radical (unpaired) electrons. The number of rotatable bonds is 10. The minimum Gasteiger partial charge on any atom is -0.394 e. The minimum atomic E-state index is -1.82. The van der Waals surface area contributed by atoms with E-state index < -0.39 is 116 Å². The maximum absolute atomic E-state index is 14.9. The quantitative estimate of drug-likeness (QED) is 0.108. The summed E-state index contributed by atoms with van der Waals surface area (Å²) in [5.74, 6) is -0.347. The lowest BCUT2D eigenvalue weighted by Gasteiger charge is -2.69. The van der Waals surface area contributed by atoms with Gasteiger partial charge in [0.05, 0.1) is 31.5 Å². The van der Waals surface area contributed by atoms with Crippen LogP contribution in [-0.4, -0.2) is 182 Å². The number of aliphatic hydroxyl groups is 9. The molecule has 8 aliphatic rings. The van der Waals surface area contributed by atoms with Crippen molar-refractivity contribution >= 4 is 5.78 Å². The van der Waals surface area contributed by atoms with Gasteiger partial charge >= 0.3 is 0 Å². The van der Waals surface area contributed by atoms with E-state index in [4.69, 9.17) is 37.9 Å². The molecule has 4 saturated carbocycles. The van der Waals surface area contributed by atoms with Crippen molar-refractivity contribution < 1.29 is 88.6 Å². The van der Waals surface area contributed by atoms with Crippen LogP contribution in [0.2, 0.25) is 0 Å². The Labute approximate surface area is 387 Å². The lowest BCUT2D eigenvalue weighted by molar-refractivity contribution is -0.388. The number of fused-ring (bicyclic) bond motifs is 5. The largest absolute Gasteiger partial charge is 0.394 e. The van der Waals surface area contributed by atoms with E-state index in [0.29, 0.717) is 25.7 Å². The van der Waals surface area contributed by atoms with Crippen LogP contribution in [0, 0.1) is 45.3 Å². The predicted molar refractivity (Wildman–Crippen MR) is 231 cm³/mol. The summed E-state index contributed by atoms with van der Waals surface area (Å²) in [5, 5.41) is 97.9. The third kappa shape index (κ3) is 8.11. The summed E-state index contributed by atoms with van der Waals surface area (Å²) < 4.78 is 49.1. The maximum atomic E-state index is 14.9. The fourth-order valence-corrected chi connectivity index (χ4v) is 15.0. The van der Waals surface area contributed by atoms with Gasteiger partial charge in [0.2, 0.25) is 0 Å². The summed E-state index contributed by atoms with van der Waals surface area (Å²) >= 11 is 0. The van der Waals surface area contributed by atoms with Gasteiger partial charge in [-0.2, -0.15) is 0 Å². The van der Waals surface area contributed by atoms with Crippen LogP contribution in [0.1, 0.15) is 107 Å². The molecule has 0 aromatic heterocycles. The Morgan fingerprint density at radius 2 is 1.38 bits per heavy atom. The van der Waals surface area contributed by atoms with Crippen LogP contribution in [0.25, 0.3) is 0 Å². The van der Waals surface area contributed by atoms with Gasteiger partial charge in [0.15, 0.2) is 25.2 Å². The summed E-state index contributed by atoms with van der Waals surface area (Å²) in [6.07, 6.45) is -15.7. The fraction of sp³-hybridized carbons (Fsp3) is 0.938. The Morgan fingerprint density at radius 1 is 0.742 bits per heavy atom. The third-order valence-corrected chi connectivity index (χ3v) is 18.7. The van der Waals surface area contributed by atoms with E-state index in [2.05, 4.69) is 34.6 Å². The third-order valence-electron chi connectivity index (χ3n) is 18.7. The van der Waals surface area contributed by atoms with Crippen molar-refractivity contribution in [3.05, 3.63) is 11.6 Å². The molecule has 0 aromatic carbocycles. The number of allylic oxidation sites excluding steroid dienone is 1. The second-order valence-corrected chi connectivity index (χ2v) is 22.8. The van der Waals surface area contributed by atoms with Gasteiger partial charge in [-0.25, -0.2) is 0 Å². The van der Waals surface area contributed by atoms with Crippen LogP contribution < -0.4 is 0 Å². The van der Waals surface area contributed by atoms with E-state index in [9.17, 15) is 50.8 Å². The second kappa shape index (κ2) is 18.4. The molecule has 18 nitrogen and oxygen atoms in total. The summed E-state index contributed by atoms with van der Waals surface area (Å²) in [6, 6.07) is 0. The Hall–Kier alpha value is -1.27. The molecule has 8 rings (SSSR count). The molecule has 4 aliphatic carbocycles. The standard InChI is InChI=1S/C48H78O18/c1-21(2)16-23-18-48(58,43(59-9)62-23)24-10-14-47(8)31(24)25(50)17-29-45(6)13-12-30(44(4,5)28(45)11-15-46(29,47)7)64-42-39(66-40-36(56)34(54)32(52)22(3)61-40)38(26(51)20-60-42)65-41-37(57)35(55)33(53)27(19-49)63-41/h16,22-24,26-43,49,51-58H,10-15,17-20H2,1-9H3/t22-,23?,24?,26-,27+,28?,29?,30-,31?,32-,33+,34+,35-,36+,37+,38-,39+,40+,41-,42-,43?,45-,46+,47+,48?/m0/s1. The highest BCUT2D eigenvalue weighted by Crippen LogP contribution is 2.75. The highest BCUT2D eigenvalue weighted by Gasteiger charge is 2.73. The van der Waals surface area contributed by atoms with Crippen LogP contribution in [0.5, 0.6) is 0 Å². The van der Waals surface area contributed by atoms with E-state index in [-0.39, 0.29) is 58.4 Å². The van der Waals surface area contributed by atoms with Crippen LogP contribution in [0.4, 0.5) is 0 Å². The van der Waals surface area contributed by atoms with Gasteiger partial charge in [0.1, 0.15) is 72.4 Å². The molecular formula is C48H78O18. The molecule has 18 heteroatoms. The lowest BCUT2D eigenvalue weighted by Crippen LogP contribution is -2.67. The maximum Gasteiger partial charge on any atom is 0.187 e. The highest BCUT2D eigenvalue weighted by molar-refractivity contribution is 5.84. The van der Waals surface area contributed by atoms with Gasteiger partial charge in [-0.1, -0.05) is 46.3 Å². The smallest absolute Gasteiger partial charge is 0.187 e. The first kappa shape index (κ1) is 51.1. The molecule has 66 heavy (non-hydrogen) atoms. The van der Waals surface area contributed by atoms with E-state index in [1.165, 1.54) is 6.92 Å². The number of aliphatic hydroxyl groups excluding tert-OH is 8. The highest BCUT2D eigenvalue weighted by atomic mass is 16.8. The lowest BCUT2D eigenvalue weighted by atomic mass is 9.35. The summed E-state index contributed by atoms with van der Waals surface area (Å²) in [7, 11) is 1.55. The zero-order valence-electron chi connectivity index (χ0n) is 40.0. The van der Waals surface area contributed by atoms with Crippen LogP contribution >= 0.6 is 0 Å². The molecule has 9 N–H and O–H groups in total. The first-order valence-electron chi connectivity index (χ1n) is 24.2. The number of carbonyl (C=O) groups excluding carboxylic acids is 1. The Morgan fingerprint density at radius 3 is 2.03 bits per heavy atom. The molecule has 7 unspecified atom stereocenters. The van der Waals surface area contributed by atoms with Crippen LogP contribution in [0.15, 0.2) is 11.6 Å². The van der Waals surface area contributed by atoms with Gasteiger partial charge < -0.3 is 83.9 Å². The van der Waals surface area contributed by atoms with Gasteiger partial charge in [0, 0.05) is 31.8 Å². The van der Waals surface area contributed by atoms with Crippen molar-refractivity contribution in [3.8, 4) is 0 Å². The number of ether oxygens (including phenoxy) is 8. The van der Waals surface area contributed by atoms with Crippen LogP contribution in [-0.2, 0) is 42.7 Å². The topological polar surface area (TPSA) is 273 Å². The van der Waals surface area contributed by atoms with E-state index >= 15 is 0 Å². The number of hydrogen-bond acceptors (Lipinski definition) is 18. The molecule has 4 heterocycles. The monoisotopic (exact) mass is 943 g/mol.